The molecule has 3 aromatic rings. The molecule has 2 saturated heterocycles. The van der Waals surface area contributed by atoms with Crippen LogP contribution in [0.1, 0.15) is 25.7 Å². The van der Waals surface area contributed by atoms with Crippen molar-refractivity contribution in [1.29, 1.82) is 0 Å². The number of carbonyl (C=O) groups is 1. The van der Waals surface area contributed by atoms with Crippen LogP contribution in [0.4, 0.5) is 0 Å². The number of hydrogen-bond acceptors (Lipinski definition) is 4. The lowest BCUT2D eigenvalue weighted by Gasteiger charge is -2.33. The molecule has 5 rings (SSSR count). The van der Waals surface area contributed by atoms with Crippen molar-refractivity contribution in [3.05, 3.63) is 59.9 Å². The van der Waals surface area contributed by atoms with Crippen molar-refractivity contribution in [2.24, 2.45) is 0 Å². The zero-order chi connectivity index (χ0) is 21.2. The van der Waals surface area contributed by atoms with Gasteiger partial charge in [0.05, 0.1) is 0 Å². The van der Waals surface area contributed by atoms with Crippen LogP contribution in [0.15, 0.2) is 54.7 Å². The van der Waals surface area contributed by atoms with E-state index in [0.29, 0.717) is 11.8 Å². The van der Waals surface area contributed by atoms with Crippen molar-refractivity contribution < 1.29 is 14.3 Å². The van der Waals surface area contributed by atoms with Crippen LogP contribution in [0.5, 0.6) is 5.75 Å². The number of aromatic nitrogens is 1. The van der Waals surface area contributed by atoms with E-state index >= 15 is 0 Å². The predicted molar refractivity (Wildman–Crippen MR) is 121 cm³/mol. The summed E-state index contributed by atoms with van der Waals surface area (Å²) >= 11 is 6.17. The third kappa shape index (κ3) is 4.39. The lowest BCUT2D eigenvalue weighted by atomic mass is 10.0. The minimum atomic E-state index is -0.229. The highest BCUT2D eigenvalue weighted by molar-refractivity contribution is 6.34. The molecule has 160 valence electrons. The smallest absolute Gasteiger partial charge is 0.251 e. The van der Waals surface area contributed by atoms with Crippen molar-refractivity contribution >= 4 is 28.3 Å². The van der Waals surface area contributed by atoms with Crippen LogP contribution in [-0.2, 0) is 9.53 Å². The number of ether oxygens (including phenoxy) is 2. The highest BCUT2D eigenvalue weighted by atomic mass is 35.5. The van der Waals surface area contributed by atoms with Gasteiger partial charge in [-0.1, -0.05) is 35.9 Å². The number of halogens is 1. The molecule has 2 aromatic carbocycles. The van der Waals surface area contributed by atoms with Gasteiger partial charge in [-0.15, -0.1) is 0 Å². The van der Waals surface area contributed by atoms with E-state index in [0.717, 1.165) is 66.4 Å². The summed E-state index contributed by atoms with van der Waals surface area (Å²) in [6.07, 6.45) is 5.16. The molecule has 0 bridgehead atoms. The predicted octanol–water partition coefficient (Wildman–Crippen LogP) is 5.10. The van der Waals surface area contributed by atoms with Gasteiger partial charge < -0.3 is 14.4 Å². The normalized spacial score (nSPS) is 19.6. The van der Waals surface area contributed by atoms with Crippen LogP contribution in [0.3, 0.4) is 0 Å². The fourth-order valence-corrected chi connectivity index (χ4v) is 4.64. The van der Waals surface area contributed by atoms with E-state index in [9.17, 15) is 4.79 Å². The molecule has 2 aliphatic heterocycles. The van der Waals surface area contributed by atoms with E-state index in [2.05, 4.69) is 29.2 Å². The van der Waals surface area contributed by atoms with Gasteiger partial charge >= 0.3 is 0 Å². The molecule has 5 nitrogen and oxygen atoms in total. The molecule has 2 aliphatic rings. The standard InChI is InChI=1S/C25H25ClN2O3/c26-24-22-8-5-18(16-19(22)9-12-27-24)17-3-6-20(7-4-17)31-21-10-13-28(14-11-21)25(29)23-2-1-15-30-23/h3-9,12,16,21,23H,1-2,10-11,13-15H2. The molecule has 0 spiro atoms. The fraction of sp³-hybridized carbons (Fsp3) is 0.360. The Labute approximate surface area is 186 Å². The maximum absolute atomic E-state index is 12.5. The second-order valence-corrected chi connectivity index (χ2v) is 8.56. The minimum Gasteiger partial charge on any atom is -0.490 e. The van der Waals surface area contributed by atoms with Gasteiger partial charge in [-0.3, -0.25) is 4.79 Å². The molecule has 3 heterocycles. The van der Waals surface area contributed by atoms with E-state index in [1.165, 1.54) is 0 Å². The first-order valence-corrected chi connectivity index (χ1v) is 11.3. The van der Waals surface area contributed by atoms with Crippen LogP contribution >= 0.6 is 11.6 Å². The maximum atomic E-state index is 12.5. The third-order valence-corrected chi connectivity index (χ3v) is 6.47. The SMILES string of the molecule is O=C(C1CCCO1)N1CCC(Oc2ccc(-c3ccc4c(Cl)nccc4c3)cc2)CC1. The Balaban J connectivity index is 1.20. The molecule has 6 heteroatoms. The highest BCUT2D eigenvalue weighted by Gasteiger charge is 2.31. The molecule has 1 aromatic heterocycles. The molecule has 0 radical (unpaired) electrons. The first-order chi connectivity index (χ1) is 15.2. The molecular formula is C25H25ClN2O3. The fourth-order valence-electron chi connectivity index (χ4n) is 4.41. The number of amides is 1. The van der Waals surface area contributed by atoms with E-state index in [1.807, 2.05) is 29.2 Å². The van der Waals surface area contributed by atoms with Gasteiger partial charge in [-0.2, -0.15) is 0 Å². The summed E-state index contributed by atoms with van der Waals surface area (Å²) in [6.45, 7) is 2.17. The third-order valence-electron chi connectivity index (χ3n) is 6.16. The first kappa shape index (κ1) is 20.3. The molecular weight excluding hydrogens is 412 g/mol. The summed E-state index contributed by atoms with van der Waals surface area (Å²) < 4.78 is 11.7. The monoisotopic (exact) mass is 436 g/mol. The Morgan fingerprint density at radius 2 is 1.81 bits per heavy atom. The number of piperidine rings is 1. The topological polar surface area (TPSA) is 51.7 Å². The zero-order valence-electron chi connectivity index (χ0n) is 17.3. The second kappa shape index (κ2) is 8.85. The van der Waals surface area contributed by atoms with Crippen LogP contribution in [0, 0.1) is 0 Å². The van der Waals surface area contributed by atoms with Crippen molar-refractivity contribution in [1.82, 2.24) is 9.88 Å². The molecule has 1 amide bonds. The zero-order valence-corrected chi connectivity index (χ0v) is 18.1. The van der Waals surface area contributed by atoms with Gasteiger partial charge in [0.1, 0.15) is 23.1 Å². The lowest BCUT2D eigenvalue weighted by molar-refractivity contribution is -0.142. The van der Waals surface area contributed by atoms with E-state index in [-0.39, 0.29) is 18.1 Å². The number of carbonyl (C=O) groups excluding carboxylic acids is 1. The van der Waals surface area contributed by atoms with Crippen molar-refractivity contribution in [2.45, 2.75) is 37.9 Å². The van der Waals surface area contributed by atoms with Crippen molar-refractivity contribution in [2.75, 3.05) is 19.7 Å². The molecule has 31 heavy (non-hydrogen) atoms. The molecule has 0 saturated carbocycles. The Morgan fingerprint density at radius 3 is 2.55 bits per heavy atom. The summed E-state index contributed by atoms with van der Waals surface area (Å²) in [4.78, 5) is 18.6. The van der Waals surface area contributed by atoms with E-state index in [1.54, 1.807) is 6.20 Å². The maximum Gasteiger partial charge on any atom is 0.251 e. The number of rotatable bonds is 4. The van der Waals surface area contributed by atoms with Crippen molar-refractivity contribution in [3.63, 3.8) is 0 Å². The van der Waals surface area contributed by atoms with Gasteiger partial charge in [0, 0.05) is 44.1 Å². The first-order valence-electron chi connectivity index (χ1n) is 10.9. The molecule has 1 atom stereocenters. The largest absolute Gasteiger partial charge is 0.490 e. The number of likely N-dealkylation sites (tertiary alicyclic amines) is 1. The van der Waals surface area contributed by atoms with Gasteiger partial charge in [-0.05, 0) is 53.6 Å². The molecule has 0 aliphatic carbocycles. The average molecular weight is 437 g/mol. The summed E-state index contributed by atoms with van der Waals surface area (Å²) in [5.74, 6) is 1.01. The van der Waals surface area contributed by atoms with Crippen LogP contribution < -0.4 is 4.74 Å². The quantitative estimate of drug-likeness (QED) is 0.533. The number of pyridine rings is 1. The number of fused-ring (bicyclic) bond motifs is 1. The van der Waals surface area contributed by atoms with Gasteiger partial charge in [0.25, 0.3) is 5.91 Å². The highest BCUT2D eigenvalue weighted by Crippen LogP contribution is 2.29. The minimum absolute atomic E-state index is 0.134. The van der Waals surface area contributed by atoms with Crippen LogP contribution in [0.2, 0.25) is 5.15 Å². The van der Waals surface area contributed by atoms with Gasteiger partial charge in [0.2, 0.25) is 0 Å². The number of benzene rings is 2. The van der Waals surface area contributed by atoms with Gasteiger partial charge in [0.15, 0.2) is 0 Å². The molecule has 0 N–H and O–H groups in total. The Kier molecular flexibility index (Phi) is 5.79. The number of hydrogen-bond donors (Lipinski definition) is 0. The van der Waals surface area contributed by atoms with E-state index in [4.69, 9.17) is 21.1 Å². The second-order valence-electron chi connectivity index (χ2n) is 8.21. The van der Waals surface area contributed by atoms with Crippen LogP contribution in [-0.4, -0.2) is 47.7 Å². The van der Waals surface area contributed by atoms with Gasteiger partial charge in [-0.25, -0.2) is 4.98 Å². The average Bonchev–Trinajstić information content (AvgIpc) is 3.35. The molecule has 1 unspecified atom stereocenters. The summed E-state index contributed by atoms with van der Waals surface area (Å²) in [6, 6.07) is 16.4. The summed E-state index contributed by atoms with van der Waals surface area (Å²) in [5.41, 5.74) is 2.25. The lowest BCUT2D eigenvalue weighted by Crippen LogP contribution is -2.45. The number of nitrogens with zero attached hydrogens (tertiary/aromatic N) is 2. The van der Waals surface area contributed by atoms with Crippen molar-refractivity contribution in [3.8, 4) is 16.9 Å². The van der Waals surface area contributed by atoms with Crippen LogP contribution in [0.25, 0.3) is 21.9 Å². The summed E-state index contributed by atoms with van der Waals surface area (Å²) in [5, 5.41) is 2.55. The summed E-state index contributed by atoms with van der Waals surface area (Å²) in [7, 11) is 0. The Bertz CT molecular complexity index is 1070. The Morgan fingerprint density at radius 1 is 1.03 bits per heavy atom. The Hall–Kier alpha value is -2.63. The molecule has 2 fully saturated rings. The van der Waals surface area contributed by atoms with E-state index < -0.39 is 0 Å².